The largest absolute Gasteiger partial charge is 0.385 e. The maximum absolute atomic E-state index is 12.2. The van der Waals surface area contributed by atoms with Crippen LogP contribution in [0.25, 0.3) is 0 Å². The van der Waals surface area contributed by atoms with E-state index in [1.807, 2.05) is 0 Å². The minimum atomic E-state index is -0.648. The molecule has 0 radical (unpaired) electrons. The minimum Gasteiger partial charge on any atom is -0.385 e. The predicted molar refractivity (Wildman–Crippen MR) is 115 cm³/mol. The SMILES string of the molecule is CCCCCCCC/C=C\CCCCCCCC(=O)N1CCN=C1C(C)O. The van der Waals surface area contributed by atoms with Crippen LogP contribution in [0.15, 0.2) is 17.1 Å². The number of aliphatic hydroxyl groups is 1. The van der Waals surface area contributed by atoms with Gasteiger partial charge in [-0.25, -0.2) is 0 Å². The first-order valence-electron chi connectivity index (χ1n) is 11.3. The number of aliphatic hydroxyl groups excluding tert-OH is 1. The number of rotatable bonds is 16. The van der Waals surface area contributed by atoms with Gasteiger partial charge in [-0.1, -0.05) is 70.4 Å². The summed E-state index contributed by atoms with van der Waals surface area (Å²) in [5, 5.41) is 9.65. The van der Waals surface area contributed by atoms with E-state index in [9.17, 15) is 9.90 Å². The molecule has 156 valence electrons. The molecule has 1 aliphatic rings. The van der Waals surface area contributed by atoms with Gasteiger partial charge in [0.25, 0.3) is 0 Å². The van der Waals surface area contributed by atoms with Crippen LogP contribution >= 0.6 is 0 Å². The number of carbonyl (C=O) groups is 1. The molecule has 1 unspecified atom stereocenters. The average molecular weight is 379 g/mol. The quantitative estimate of drug-likeness (QED) is 0.279. The van der Waals surface area contributed by atoms with E-state index in [2.05, 4.69) is 24.1 Å². The summed E-state index contributed by atoms with van der Waals surface area (Å²) in [5.41, 5.74) is 0. The van der Waals surface area contributed by atoms with Crippen LogP contribution < -0.4 is 0 Å². The third kappa shape index (κ3) is 11.3. The van der Waals surface area contributed by atoms with Crippen LogP contribution in [-0.4, -0.2) is 40.9 Å². The zero-order valence-electron chi connectivity index (χ0n) is 17.8. The van der Waals surface area contributed by atoms with Gasteiger partial charge in [-0.3, -0.25) is 14.7 Å². The molecule has 4 heteroatoms. The molecule has 0 spiro atoms. The van der Waals surface area contributed by atoms with Gasteiger partial charge >= 0.3 is 0 Å². The molecule has 1 amide bonds. The highest BCUT2D eigenvalue weighted by Crippen LogP contribution is 2.13. The van der Waals surface area contributed by atoms with E-state index in [0.717, 1.165) is 12.8 Å². The van der Waals surface area contributed by atoms with Crippen LogP contribution in [0.4, 0.5) is 0 Å². The number of unbranched alkanes of at least 4 members (excludes halogenated alkanes) is 11. The van der Waals surface area contributed by atoms with Crippen molar-refractivity contribution in [2.24, 2.45) is 4.99 Å². The van der Waals surface area contributed by atoms with Gasteiger partial charge < -0.3 is 5.11 Å². The Hall–Kier alpha value is -1.16. The van der Waals surface area contributed by atoms with Gasteiger partial charge in [0.1, 0.15) is 11.9 Å². The van der Waals surface area contributed by atoms with Crippen molar-refractivity contribution in [3.8, 4) is 0 Å². The number of hydrogen-bond donors (Lipinski definition) is 1. The van der Waals surface area contributed by atoms with Gasteiger partial charge in [0.15, 0.2) is 0 Å². The number of carbonyl (C=O) groups excluding carboxylic acids is 1. The van der Waals surface area contributed by atoms with Crippen LogP contribution in [0.1, 0.15) is 104 Å². The van der Waals surface area contributed by atoms with Gasteiger partial charge in [0, 0.05) is 13.0 Å². The lowest BCUT2D eigenvalue weighted by Crippen LogP contribution is -2.39. The highest BCUT2D eigenvalue weighted by molar-refractivity contribution is 6.01. The molecule has 1 heterocycles. The van der Waals surface area contributed by atoms with Crippen molar-refractivity contribution >= 4 is 11.7 Å². The van der Waals surface area contributed by atoms with E-state index in [1.54, 1.807) is 11.8 Å². The van der Waals surface area contributed by atoms with Crippen molar-refractivity contribution in [1.82, 2.24) is 4.90 Å². The van der Waals surface area contributed by atoms with Crippen molar-refractivity contribution in [1.29, 1.82) is 0 Å². The molecular formula is C23H42N2O2. The van der Waals surface area contributed by atoms with Gasteiger partial charge in [-0.05, 0) is 39.0 Å². The summed E-state index contributed by atoms with van der Waals surface area (Å²) in [6.45, 7) is 5.19. The van der Waals surface area contributed by atoms with E-state index < -0.39 is 6.10 Å². The first-order valence-corrected chi connectivity index (χ1v) is 11.3. The average Bonchev–Trinajstić information content (AvgIpc) is 3.15. The Labute approximate surface area is 167 Å². The van der Waals surface area contributed by atoms with E-state index in [0.29, 0.717) is 25.3 Å². The van der Waals surface area contributed by atoms with Crippen molar-refractivity contribution < 1.29 is 9.90 Å². The maximum Gasteiger partial charge on any atom is 0.228 e. The van der Waals surface area contributed by atoms with E-state index in [4.69, 9.17) is 0 Å². The Morgan fingerprint density at radius 3 is 2.15 bits per heavy atom. The number of amides is 1. The topological polar surface area (TPSA) is 52.9 Å². The predicted octanol–water partition coefficient (Wildman–Crippen LogP) is 5.65. The number of aliphatic imine (C=N–C) groups is 1. The maximum atomic E-state index is 12.2. The summed E-state index contributed by atoms with van der Waals surface area (Å²) in [4.78, 5) is 18.1. The Kier molecular flexibility index (Phi) is 14.0. The standard InChI is InChI=1S/C23H42N2O2/c1-3-4-5-6-7-8-9-10-11-12-13-14-15-16-17-18-22(27)25-20-19-24-23(25)21(2)26/h10-11,21,26H,3-9,12-20H2,1-2H3/b11-10-. The number of nitrogens with zero attached hydrogens (tertiary/aromatic N) is 2. The van der Waals surface area contributed by atoms with Crippen LogP contribution in [0.3, 0.4) is 0 Å². The number of hydrogen-bond acceptors (Lipinski definition) is 3. The first kappa shape index (κ1) is 23.9. The van der Waals surface area contributed by atoms with Gasteiger partial charge in [0.05, 0.1) is 6.54 Å². The molecule has 1 atom stereocenters. The van der Waals surface area contributed by atoms with Crippen LogP contribution in [-0.2, 0) is 4.79 Å². The van der Waals surface area contributed by atoms with Crippen molar-refractivity contribution in [3.63, 3.8) is 0 Å². The third-order valence-electron chi connectivity index (χ3n) is 5.20. The number of allylic oxidation sites excluding steroid dienone is 2. The summed E-state index contributed by atoms with van der Waals surface area (Å²) in [5.74, 6) is 0.664. The summed E-state index contributed by atoms with van der Waals surface area (Å²) in [6, 6.07) is 0. The Bertz CT molecular complexity index is 444. The second kappa shape index (κ2) is 15.9. The Morgan fingerprint density at radius 1 is 1.00 bits per heavy atom. The monoisotopic (exact) mass is 378 g/mol. The smallest absolute Gasteiger partial charge is 0.228 e. The lowest BCUT2D eigenvalue weighted by Gasteiger charge is -2.19. The Morgan fingerprint density at radius 2 is 1.56 bits per heavy atom. The fourth-order valence-electron chi connectivity index (χ4n) is 3.56. The zero-order chi connectivity index (χ0) is 19.7. The molecule has 1 aliphatic heterocycles. The zero-order valence-corrected chi connectivity index (χ0v) is 17.8. The second-order valence-corrected chi connectivity index (χ2v) is 7.80. The molecule has 0 aromatic carbocycles. The third-order valence-corrected chi connectivity index (χ3v) is 5.20. The van der Waals surface area contributed by atoms with Crippen molar-refractivity contribution in [2.75, 3.05) is 13.1 Å². The van der Waals surface area contributed by atoms with Crippen LogP contribution in [0.5, 0.6) is 0 Å². The van der Waals surface area contributed by atoms with E-state index in [1.165, 1.54) is 70.6 Å². The molecule has 4 nitrogen and oxygen atoms in total. The highest BCUT2D eigenvalue weighted by Gasteiger charge is 2.25. The fourth-order valence-corrected chi connectivity index (χ4v) is 3.56. The molecule has 27 heavy (non-hydrogen) atoms. The molecular weight excluding hydrogens is 336 g/mol. The van der Waals surface area contributed by atoms with Crippen LogP contribution in [0.2, 0.25) is 0 Å². The summed E-state index contributed by atoms with van der Waals surface area (Å²) < 4.78 is 0. The normalized spacial score (nSPS) is 15.5. The molecule has 0 bridgehead atoms. The first-order chi connectivity index (χ1) is 13.2. The molecule has 0 aromatic heterocycles. The fraction of sp³-hybridized carbons (Fsp3) is 0.826. The minimum absolute atomic E-state index is 0.116. The van der Waals surface area contributed by atoms with Gasteiger partial charge in [-0.2, -0.15) is 0 Å². The summed E-state index contributed by atoms with van der Waals surface area (Å²) >= 11 is 0. The lowest BCUT2D eigenvalue weighted by atomic mass is 10.1. The van der Waals surface area contributed by atoms with Crippen molar-refractivity contribution in [2.45, 2.75) is 110 Å². The Balaban J connectivity index is 1.90. The summed E-state index contributed by atoms with van der Waals surface area (Å²) in [6.07, 6.45) is 21.1. The number of amidine groups is 1. The summed E-state index contributed by atoms with van der Waals surface area (Å²) in [7, 11) is 0. The van der Waals surface area contributed by atoms with Gasteiger partial charge in [0.2, 0.25) is 5.91 Å². The molecule has 1 rings (SSSR count). The molecule has 0 saturated carbocycles. The molecule has 0 aromatic rings. The van der Waals surface area contributed by atoms with E-state index >= 15 is 0 Å². The molecule has 1 N–H and O–H groups in total. The lowest BCUT2D eigenvalue weighted by molar-refractivity contribution is -0.127. The second-order valence-electron chi connectivity index (χ2n) is 7.80. The highest BCUT2D eigenvalue weighted by atomic mass is 16.3. The van der Waals surface area contributed by atoms with E-state index in [-0.39, 0.29) is 5.91 Å². The molecule has 0 aliphatic carbocycles. The molecule has 0 saturated heterocycles. The molecule has 0 fully saturated rings. The van der Waals surface area contributed by atoms with Gasteiger partial charge in [-0.15, -0.1) is 0 Å². The van der Waals surface area contributed by atoms with Crippen LogP contribution in [0, 0.1) is 0 Å². The van der Waals surface area contributed by atoms with Crippen molar-refractivity contribution in [3.05, 3.63) is 12.2 Å².